The molecule has 0 spiro atoms. The largest absolute Gasteiger partial charge is 0.484 e. The molecule has 7 nitrogen and oxygen atoms in total. The lowest BCUT2D eigenvalue weighted by atomic mass is 10.0. The maximum Gasteiger partial charge on any atom is 0.214 e. The zero-order valence-electron chi connectivity index (χ0n) is 19.8. The lowest BCUT2D eigenvalue weighted by molar-refractivity contribution is 0.173. The number of sulfonamides is 1. The molecule has 3 unspecified atom stereocenters. The van der Waals surface area contributed by atoms with Crippen molar-refractivity contribution in [2.45, 2.75) is 42.1 Å². The summed E-state index contributed by atoms with van der Waals surface area (Å²) >= 11 is 0. The number of halogens is 1. The predicted octanol–water partition coefficient (Wildman–Crippen LogP) is 4.49. The van der Waals surface area contributed by atoms with E-state index in [9.17, 15) is 17.0 Å². The van der Waals surface area contributed by atoms with Crippen molar-refractivity contribution in [3.63, 3.8) is 0 Å². The monoisotopic (exact) mass is 527 g/mol. The van der Waals surface area contributed by atoms with Gasteiger partial charge in [-0.15, -0.1) is 0 Å². The Labute approximate surface area is 211 Å². The third kappa shape index (κ3) is 5.21. The van der Waals surface area contributed by atoms with E-state index in [1.165, 1.54) is 12.1 Å². The summed E-state index contributed by atoms with van der Waals surface area (Å²) in [6.45, 7) is 1.78. The van der Waals surface area contributed by atoms with Crippen LogP contribution in [0.1, 0.15) is 31.4 Å². The van der Waals surface area contributed by atoms with Gasteiger partial charge in [0, 0.05) is 27.3 Å². The van der Waals surface area contributed by atoms with Gasteiger partial charge >= 0.3 is 0 Å². The summed E-state index contributed by atoms with van der Waals surface area (Å²) in [6.07, 6.45) is 4.02. The van der Waals surface area contributed by atoms with Crippen LogP contribution in [-0.4, -0.2) is 40.0 Å². The number of hydrogen-bond donors (Lipinski definition) is 1. The molecule has 1 N–H and O–H groups in total. The van der Waals surface area contributed by atoms with Gasteiger partial charge < -0.3 is 4.74 Å². The van der Waals surface area contributed by atoms with Crippen LogP contribution >= 0.6 is 0 Å². The molecule has 3 atom stereocenters. The number of rotatable bonds is 9. The topological polar surface area (TPSA) is 90.3 Å². The zero-order chi connectivity index (χ0) is 25.4. The minimum Gasteiger partial charge on any atom is -0.484 e. The summed E-state index contributed by atoms with van der Waals surface area (Å²) in [4.78, 5) is 0.679. The normalized spacial score (nSPS) is 16.5. The van der Waals surface area contributed by atoms with E-state index in [4.69, 9.17) is 4.74 Å². The minimum atomic E-state index is -3.44. The Balaban J connectivity index is 1.45. The molecule has 0 radical (unpaired) electrons. The Morgan fingerprint density at radius 1 is 1.08 bits per heavy atom. The summed E-state index contributed by atoms with van der Waals surface area (Å²) in [7, 11) is -4.56. The molecule has 188 valence electrons. The minimum absolute atomic E-state index is 0.318. The number of aromatic nitrogens is 2. The van der Waals surface area contributed by atoms with Crippen LogP contribution < -0.4 is 9.46 Å². The van der Waals surface area contributed by atoms with Gasteiger partial charge in [-0.2, -0.15) is 5.10 Å². The molecule has 0 bridgehead atoms. The molecule has 1 aliphatic rings. The van der Waals surface area contributed by atoms with Crippen LogP contribution in [0.15, 0.2) is 77.8 Å². The molecule has 5 rings (SSSR count). The van der Waals surface area contributed by atoms with Gasteiger partial charge in [-0.3, -0.25) is 4.21 Å². The first-order chi connectivity index (χ1) is 17.2. The first-order valence-corrected chi connectivity index (χ1v) is 14.7. The fourth-order valence-electron chi connectivity index (χ4n) is 4.12. The van der Waals surface area contributed by atoms with E-state index < -0.39 is 33.0 Å². The van der Waals surface area contributed by atoms with E-state index in [1.54, 1.807) is 54.4 Å². The maximum atomic E-state index is 13.3. The Morgan fingerprint density at radius 3 is 2.42 bits per heavy atom. The Bertz CT molecular complexity index is 1520. The highest BCUT2D eigenvalue weighted by molar-refractivity contribution is 7.90. The first kappa shape index (κ1) is 24.6. The Morgan fingerprint density at radius 2 is 1.78 bits per heavy atom. The van der Waals surface area contributed by atoms with Crippen LogP contribution in [0.25, 0.3) is 16.6 Å². The van der Waals surface area contributed by atoms with Crippen LogP contribution in [0.3, 0.4) is 0 Å². The van der Waals surface area contributed by atoms with E-state index in [1.807, 2.05) is 24.3 Å². The van der Waals surface area contributed by atoms with Crippen LogP contribution in [0, 0.1) is 5.82 Å². The molecular formula is C26H26FN3O4S2. The standard InChI is InChI=1S/C26H26FN3O4S2/c1-17(29-36(32,33)24-12-13-24)26(18-3-10-23(11-4-18)35(2)31)34-22-9-14-25-19(15-22)16-28-30(25)21-7-5-20(27)6-8-21/h3-11,14-17,24,26,29H,12-13H2,1-2H3. The molecule has 1 heterocycles. The van der Waals surface area contributed by atoms with Crippen LogP contribution in [0.2, 0.25) is 0 Å². The number of nitrogens with one attached hydrogen (secondary N) is 1. The molecule has 1 saturated carbocycles. The van der Waals surface area contributed by atoms with Crippen LogP contribution in [-0.2, 0) is 20.8 Å². The van der Waals surface area contributed by atoms with Crippen molar-refractivity contribution in [3.8, 4) is 11.4 Å². The van der Waals surface area contributed by atoms with Crippen molar-refractivity contribution in [1.82, 2.24) is 14.5 Å². The molecule has 1 aliphatic carbocycles. The van der Waals surface area contributed by atoms with Crippen molar-refractivity contribution in [2.75, 3.05) is 6.26 Å². The van der Waals surface area contributed by atoms with Crippen LogP contribution in [0.5, 0.6) is 5.75 Å². The molecule has 3 aromatic carbocycles. The van der Waals surface area contributed by atoms with Gasteiger partial charge in [-0.25, -0.2) is 22.2 Å². The van der Waals surface area contributed by atoms with Crippen molar-refractivity contribution in [2.24, 2.45) is 0 Å². The van der Waals surface area contributed by atoms with E-state index >= 15 is 0 Å². The van der Waals surface area contributed by atoms with Gasteiger partial charge in [-0.05, 0) is 79.9 Å². The molecule has 36 heavy (non-hydrogen) atoms. The molecule has 10 heteroatoms. The zero-order valence-corrected chi connectivity index (χ0v) is 21.4. The number of ether oxygens (including phenoxy) is 1. The molecule has 1 fully saturated rings. The van der Waals surface area contributed by atoms with Gasteiger partial charge in [0.15, 0.2) is 0 Å². The lowest BCUT2D eigenvalue weighted by Gasteiger charge is -2.26. The fourth-order valence-corrected chi connectivity index (χ4v) is 6.23. The molecule has 1 aromatic heterocycles. The van der Waals surface area contributed by atoms with E-state index in [0.29, 0.717) is 23.5 Å². The summed E-state index contributed by atoms with van der Waals surface area (Å²) in [5, 5.41) is 4.90. The average molecular weight is 528 g/mol. The number of fused-ring (bicyclic) bond motifs is 1. The second kappa shape index (κ2) is 9.76. The third-order valence-electron chi connectivity index (χ3n) is 6.18. The SMILES string of the molecule is CC(NS(=O)(=O)C1CC1)C(Oc1ccc2c(cnn2-c2ccc(F)cc2)c1)c1ccc(S(C)=O)cc1. The highest BCUT2D eigenvalue weighted by atomic mass is 32.2. The van der Waals surface area contributed by atoms with Crippen molar-refractivity contribution < 1.29 is 21.8 Å². The third-order valence-corrected chi connectivity index (χ3v) is 9.17. The summed E-state index contributed by atoms with van der Waals surface area (Å²) in [5.41, 5.74) is 2.31. The van der Waals surface area contributed by atoms with Gasteiger partial charge in [0.05, 0.1) is 28.7 Å². The summed E-state index contributed by atoms with van der Waals surface area (Å²) in [5.74, 6) is 0.230. The average Bonchev–Trinajstić information content (AvgIpc) is 3.64. The second-order valence-corrected chi connectivity index (χ2v) is 12.3. The van der Waals surface area contributed by atoms with E-state index in [2.05, 4.69) is 9.82 Å². The highest BCUT2D eigenvalue weighted by Gasteiger charge is 2.38. The quantitative estimate of drug-likeness (QED) is 0.346. The summed E-state index contributed by atoms with van der Waals surface area (Å²) in [6, 6.07) is 18.2. The van der Waals surface area contributed by atoms with E-state index in [0.717, 1.165) is 22.2 Å². The van der Waals surface area contributed by atoms with Gasteiger partial charge in [0.25, 0.3) is 0 Å². The molecule has 0 saturated heterocycles. The smallest absolute Gasteiger partial charge is 0.214 e. The number of nitrogens with zero attached hydrogens (tertiary/aromatic N) is 2. The maximum absolute atomic E-state index is 13.3. The van der Waals surface area contributed by atoms with Crippen molar-refractivity contribution in [1.29, 1.82) is 0 Å². The molecule has 0 amide bonds. The Kier molecular flexibility index (Phi) is 6.67. The van der Waals surface area contributed by atoms with Gasteiger partial charge in [0.1, 0.15) is 17.7 Å². The number of benzene rings is 3. The highest BCUT2D eigenvalue weighted by Crippen LogP contribution is 2.32. The summed E-state index contributed by atoms with van der Waals surface area (Å²) < 4.78 is 61.3. The van der Waals surface area contributed by atoms with Gasteiger partial charge in [-0.1, -0.05) is 12.1 Å². The second-order valence-electron chi connectivity index (χ2n) is 8.97. The molecule has 4 aromatic rings. The molecule has 0 aliphatic heterocycles. The first-order valence-electron chi connectivity index (χ1n) is 11.6. The fraction of sp³-hybridized carbons (Fsp3) is 0.269. The molecular weight excluding hydrogens is 501 g/mol. The lowest BCUT2D eigenvalue weighted by Crippen LogP contribution is -2.40. The van der Waals surface area contributed by atoms with E-state index in [-0.39, 0.29) is 11.1 Å². The van der Waals surface area contributed by atoms with Crippen LogP contribution in [0.4, 0.5) is 4.39 Å². The predicted molar refractivity (Wildman–Crippen MR) is 138 cm³/mol. The number of hydrogen-bond acceptors (Lipinski definition) is 5. The van der Waals surface area contributed by atoms with Crippen molar-refractivity contribution >= 4 is 31.7 Å². The van der Waals surface area contributed by atoms with Gasteiger partial charge in [0.2, 0.25) is 10.0 Å². The van der Waals surface area contributed by atoms with Crippen molar-refractivity contribution in [3.05, 3.63) is 84.3 Å². The Hall–Kier alpha value is -3.08.